The average molecular weight is 236 g/mol. The first-order valence-corrected chi connectivity index (χ1v) is 6.96. The summed E-state index contributed by atoms with van der Waals surface area (Å²) >= 11 is 0. The van der Waals surface area contributed by atoms with E-state index >= 15 is 0 Å². The summed E-state index contributed by atoms with van der Waals surface area (Å²) in [7, 11) is -3.37. The number of hydrogen-bond donors (Lipinski definition) is 3. The summed E-state index contributed by atoms with van der Waals surface area (Å²) in [6.07, 6.45) is 3.44. The molecule has 0 amide bonds. The monoisotopic (exact) mass is 236 g/mol. The van der Waals surface area contributed by atoms with Crippen LogP contribution >= 0.6 is 0 Å². The number of nitrogens with one attached hydrogen (secondary N) is 2. The minimum atomic E-state index is -3.37. The van der Waals surface area contributed by atoms with Crippen molar-refractivity contribution >= 4 is 10.2 Å². The lowest BCUT2D eigenvalue weighted by molar-refractivity contribution is 0.0724. The van der Waals surface area contributed by atoms with Gasteiger partial charge in [0.1, 0.15) is 0 Å². The van der Waals surface area contributed by atoms with Gasteiger partial charge >= 0.3 is 0 Å². The Morgan fingerprint density at radius 2 is 1.93 bits per heavy atom. The predicted molar refractivity (Wildman–Crippen MR) is 58.6 cm³/mol. The number of hydrogen-bond acceptors (Lipinski definition) is 3. The highest BCUT2D eigenvalue weighted by atomic mass is 32.2. The fraction of sp³-hybridized carbons (Fsp3) is 1.00. The molecule has 0 spiro atoms. The maximum Gasteiger partial charge on any atom is 0.276 e. The van der Waals surface area contributed by atoms with E-state index in [1.54, 1.807) is 6.92 Å². The van der Waals surface area contributed by atoms with E-state index in [9.17, 15) is 13.5 Å². The molecule has 2 unspecified atom stereocenters. The topological polar surface area (TPSA) is 78.4 Å². The van der Waals surface area contributed by atoms with Crippen molar-refractivity contribution in [2.75, 3.05) is 13.1 Å². The van der Waals surface area contributed by atoms with Crippen molar-refractivity contribution in [2.45, 2.75) is 38.7 Å². The summed E-state index contributed by atoms with van der Waals surface area (Å²) in [4.78, 5) is 0. The SMILES string of the molecule is CCNS(=O)(=O)NCC1CCCCC1O. The molecule has 0 heterocycles. The van der Waals surface area contributed by atoms with Crippen LogP contribution in [-0.2, 0) is 10.2 Å². The molecule has 0 aromatic carbocycles. The quantitative estimate of drug-likeness (QED) is 0.628. The van der Waals surface area contributed by atoms with Gasteiger partial charge in [0.25, 0.3) is 10.2 Å². The highest BCUT2D eigenvalue weighted by Crippen LogP contribution is 2.23. The second kappa shape index (κ2) is 5.79. The van der Waals surface area contributed by atoms with E-state index in [4.69, 9.17) is 0 Å². The Hall–Kier alpha value is -0.170. The first kappa shape index (κ1) is 12.9. The van der Waals surface area contributed by atoms with Gasteiger partial charge in [-0.2, -0.15) is 8.42 Å². The maximum absolute atomic E-state index is 11.3. The molecule has 0 bridgehead atoms. The first-order chi connectivity index (χ1) is 7.05. The minimum Gasteiger partial charge on any atom is -0.393 e. The van der Waals surface area contributed by atoms with Gasteiger partial charge < -0.3 is 5.11 Å². The summed E-state index contributed by atoms with van der Waals surface area (Å²) in [6, 6.07) is 0. The van der Waals surface area contributed by atoms with Crippen LogP contribution in [0.5, 0.6) is 0 Å². The molecule has 1 fully saturated rings. The molecule has 0 aromatic heterocycles. The van der Waals surface area contributed by atoms with Crippen molar-refractivity contribution in [3.8, 4) is 0 Å². The van der Waals surface area contributed by atoms with Crippen LogP contribution in [0.2, 0.25) is 0 Å². The Morgan fingerprint density at radius 1 is 1.27 bits per heavy atom. The van der Waals surface area contributed by atoms with E-state index in [0.717, 1.165) is 25.7 Å². The van der Waals surface area contributed by atoms with Gasteiger partial charge in [-0.3, -0.25) is 0 Å². The van der Waals surface area contributed by atoms with Crippen molar-refractivity contribution in [1.82, 2.24) is 9.44 Å². The zero-order valence-electron chi connectivity index (χ0n) is 9.07. The molecule has 0 saturated heterocycles. The van der Waals surface area contributed by atoms with E-state index in [1.807, 2.05) is 0 Å². The Labute approximate surface area is 91.4 Å². The Balaban J connectivity index is 2.35. The Morgan fingerprint density at radius 3 is 2.53 bits per heavy atom. The van der Waals surface area contributed by atoms with Crippen LogP contribution in [0.1, 0.15) is 32.6 Å². The Bertz CT molecular complexity index is 279. The molecule has 1 aliphatic carbocycles. The lowest BCUT2D eigenvalue weighted by atomic mass is 9.87. The summed E-state index contributed by atoms with van der Waals surface area (Å²) in [5.74, 6) is 0.0622. The molecular formula is C9H20N2O3S. The van der Waals surface area contributed by atoms with Crippen LogP contribution in [0.15, 0.2) is 0 Å². The lowest BCUT2D eigenvalue weighted by Crippen LogP contribution is -2.42. The molecule has 1 aliphatic rings. The second-order valence-electron chi connectivity index (χ2n) is 3.96. The standard InChI is InChI=1S/C9H20N2O3S/c1-2-10-15(13,14)11-7-8-5-3-4-6-9(8)12/h8-12H,2-7H2,1H3. The summed E-state index contributed by atoms with van der Waals surface area (Å²) in [6.45, 7) is 2.44. The van der Waals surface area contributed by atoms with Crippen LogP contribution in [0.25, 0.3) is 0 Å². The van der Waals surface area contributed by atoms with Gasteiger partial charge in [0.05, 0.1) is 6.10 Å². The number of aliphatic hydroxyl groups excluding tert-OH is 1. The van der Waals surface area contributed by atoms with Gasteiger partial charge in [0.2, 0.25) is 0 Å². The second-order valence-corrected chi connectivity index (χ2v) is 5.55. The van der Waals surface area contributed by atoms with E-state index < -0.39 is 10.2 Å². The molecule has 1 rings (SSSR count). The van der Waals surface area contributed by atoms with Gasteiger partial charge in [-0.25, -0.2) is 9.44 Å². The van der Waals surface area contributed by atoms with Gasteiger partial charge in [0.15, 0.2) is 0 Å². The van der Waals surface area contributed by atoms with E-state index in [0.29, 0.717) is 13.1 Å². The maximum atomic E-state index is 11.3. The average Bonchev–Trinajstić information content (AvgIpc) is 2.16. The largest absolute Gasteiger partial charge is 0.393 e. The molecule has 3 N–H and O–H groups in total. The third-order valence-corrected chi connectivity index (χ3v) is 3.95. The van der Waals surface area contributed by atoms with E-state index in [1.165, 1.54) is 0 Å². The van der Waals surface area contributed by atoms with Crippen molar-refractivity contribution in [3.05, 3.63) is 0 Å². The van der Waals surface area contributed by atoms with Gasteiger partial charge in [-0.15, -0.1) is 0 Å². The van der Waals surface area contributed by atoms with Gasteiger partial charge in [-0.05, 0) is 18.8 Å². The fourth-order valence-corrected chi connectivity index (χ4v) is 2.80. The summed E-state index contributed by atoms with van der Waals surface area (Å²) in [5, 5.41) is 9.64. The highest BCUT2D eigenvalue weighted by molar-refractivity contribution is 7.87. The van der Waals surface area contributed by atoms with Crippen LogP contribution in [0, 0.1) is 5.92 Å². The first-order valence-electron chi connectivity index (χ1n) is 5.47. The number of rotatable bonds is 5. The predicted octanol–water partition coefficient (Wildman–Crippen LogP) is -0.0186. The lowest BCUT2D eigenvalue weighted by Gasteiger charge is -2.27. The minimum absolute atomic E-state index is 0.0622. The zero-order valence-corrected chi connectivity index (χ0v) is 9.89. The third kappa shape index (κ3) is 4.46. The molecule has 0 aliphatic heterocycles. The molecule has 90 valence electrons. The molecule has 2 atom stereocenters. The molecule has 6 heteroatoms. The molecule has 1 saturated carbocycles. The fourth-order valence-electron chi connectivity index (χ4n) is 1.88. The van der Waals surface area contributed by atoms with Gasteiger partial charge in [0, 0.05) is 13.1 Å². The molecular weight excluding hydrogens is 216 g/mol. The number of aliphatic hydroxyl groups is 1. The van der Waals surface area contributed by atoms with Crippen LogP contribution in [-0.4, -0.2) is 32.7 Å². The van der Waals surface area contributed by atoms with E-state index in [-0.39, 0.29) is 12.0 Å². The Kier molecular flexibility index (Phi) is 4.98. The van der Waals surface area contributed by atoms with E-state index in [2.05, 4.69) is 9.44 Å². The van der Waals surface area contributed by atoms with Crippen molar-refractivity contribution in [1.29, 1.82) is 0 Å². The van der Waals surface area contributed by atoms with Crippen LogP contribution in [0.3, 0.4) is 0 Å². The zero-order chi connectivity index (χ0) is 11.3. The van der Waals surface area contributed by atoms with Crippen LogP contribution in [0.4, 0.5) is 0 Å². The van der Waals surface area contributed by atoms with Crippen molar-refractivity contribution in [3.63, 3.8) is 0 Å². The van der Waals surface area contributed by atoms with Crippen LogP contribution < -0.4 is 9.44 Å². The summed E-state index contributed by atoms with van der Waals surface area (Å²) in [5.41, 5.74) is 0. The van der Waals surface area contributed by atoms with Gasteiger partial charge in [-0.1, -0.05) is 19.8 Å². The van der Waals surface area contributed by atoms with Crippen molar-refractivity contribution < 1.29 is 13.5 Å². The molecule has 0 radical (unpaired) electrons. The van der Waals surface area contributed by atoms with Crippen molar-refractivity contribution in [2.24, 2.45) is 5.92 Å². The smallest absolute Gasteiger partial charge is 0.276 e. The molecule has 5 nitrogen and oxygen atoms in total. The molecule has 0 aromatic rings. The highest BCUT2D eigenvalue weighted by Gasteiger charge is 2.24. The molecule has 15 heavy (non-hydrogen) atoms. The third-order valence-electron chi connectivity index (χ3n) is 2.74. The normalized spacial score (nSPS) is 27.9. The summed E-state index contributed by atoms with van der Waals surface area (Å²) < 4.78 is 27.4.